The molecule has 4 heteroatoms. The third-order valence-corrected chi connectivity index (χ3v) is 11.1. The summed E-state index contributed by atoms with van der Waals surface area (Å²) in [6.45, 7) is 0. The highest BCUT2D eigenvalue weighted by molar-refractivity contribution is 6.38. The molecule has 0 aliphatic carbocycles. The second-order valence-electron chi connectivity index (χ2n) is 13.6. The zero-order valence-electron chi connectivity index (χ0n) is 26.9. The average molecular weight is 637 g/mol. The van der Waals surface area contributed by atoms with Crippen LogP contribution < -0.4 is 5.32 Å². The molecule has 3 aromatic heterocycles. The van der Waals surface area contributed by atoms with Crippen molar-refractivity contribution < 1.29 is 0 Å². The van der Waals surface area contributed by atoms with Crippen molar-refractivity contribution >= 4 is 93.0 Å². The van der Waals surface area contributed by atoms with Gasteiger partial charge in [-0.25, -0.2) is 4.99 Å². The van der Waals surface area contributed by atoms with Crippen LogP contribution in [0.2, 0.25) is 0 Å². The van der Waals surface area contributed by atoms with E-state index in [0.717, 1.165) is 22.6 Å². The SMILES string of the molecule is c1ccc2c(c1)N=C(c1cccc3ccccc13)NC2n1c2ccccc2c2c3c4c5ccccc5ccc4n4c5ccccc5c(cc21)c34. The van der Waals surface area contributed by atoms with Gasteiger partial charge >= 0.3 is 0 Å². The Hall–Kier alpha value is -6.65. The van der Waals surface area contributed by atoms with Crippen LogP contribution in [0.1, 0.15) is 17.3 Å². The van der Waals surface area contributed by atoms with E-state index in [4.69, 9.17) is 4.99 Å². The van der Waals surface area contributed by atoms with Gasteiger partial charge in [0, 0.05) is 43.4 Å². The number of nitrogens with zero attached hydrogens (tertiary/aromatic N) is 3. The molecule has 0 bridgehead atoms. The number of aliphatic imine (C=N–C) groups is 1. The predicted octanol–water partition coefficient (Wildman–Crippen LogP) is 11.5. The first-order valence-corrected chi connectivity index (χ1v) is 17.3. The van der Waals surface area contributed by atoms with Crippen LogP contribution in [0.25, 0.3) is 81.4 Å². The molecule has 1 N–H and O–H groups in total. The topological polar surface area (TPSA) is 33.7 Å². The van der Waals surface area contributed by atoms with Crippen LogP contribution in [0, 0.1) is 0 Å². The number of amidine groups is 1. The molecule has 0 saturated heterocycles. The van der Waals surface area contributed by atoms with E-state index in [1.807, 2.05) is 0 Å². The molecule has 0 amide bonds. The van der Waals surface area contributed by atoms with Crippen LogP contribution in [0.4, 0.5) is 5.69 Å². The number of hydrogen-bond acceptors (Lipinski definition) is 2. The molecule has 12 rings (SSSR count). The molecule has 1 unspecified atom stereocenters. The number of para-hydroxylation sites is 3. The monoisotopic (exact) mass is 636 g/mol. The Morgan fingerprint density at radius 2 is 1.12 bits per heavy atom. The van der Waals surface area contributed by atoms with E-state index in [1.165, 1.54) is 81.4 Å². The zero-order valence-corrected chi connectivity index (χ0v) is 26.9. The Labute approximate surface area is 286 Å². The van der Waals surface area contributed by atoms with E-state index in [0.29, 0.717) is 0 Å². The predicted molar refractivity (Wildman–Crippen MR) is 209 cm³/mol. The third-order valence-electron chi connectivity index (χ3n) is 11.1. The number of aromatic nitrogens is 2. The summed E-state index contributed by atoms with van der Waals surface area (Å²) in [6, 6.07) is 57.4. The second kappa shape index (κ2) is 9.49. The summed E-state index contributed by atoms with van der Waals surface area (Å²) < 4.78 is 5.04. The maximum absolute atomic E-state index is 5.26. The summed E-state index contributed by atoms with van der Waals surface area (Å²) in [5, 5.41) is 16.7. The molecule has 4 heterocycles. The van der Waals surface area contributed by atoms with Crippen molar-refractivity contribution in [3.05, 3.63) is 169 Å². The Bertz CT molecular complexity index is 3240. The van der Waals surface area contributed by atoms with E-state index < -0.39 is 0 Å². The first kappa shape index (κ1) is 26.3. The fourth-order valence-corrected chi connectivity index (χ4v) is 9.04. The molecular formula is C46H28N4. The van der Waals surface area contributed by atoms with Gasteiger partial charge < -0.3 is 14.3 Å². The molecule has 0 radical (unpaired) electrons. The summed E-state index contributed by atoms with van der Waals surface area (Å²) in [5.74, 6) is 0.884. The van der Waals surface area contributed by atoms with E-state index in [-0.39, 0.29) is 6.17 Å². The van der Waals surface area contributed by atoms with Gasteiger partial charge in [0.15, 0.2) is 0 Å². The van der Waals surface area contributed by atoms with Crippen LogP contribution in [0.3, 0.4) is 0 Å². The highest BCUT2D eigenvalue weighted by Gasteiger charge is 2.30. The van der Waals surface area contributed by atoms with Gasteiger partial charge in [-0.1, -0.05) is 127 Å². The lowest BCUT2D eigenvalue weighted by Gasteiger charge is -2.30. The minimum absolute atomic E-state index is 0.188. The van der Waals surface area contributed by atoms with Crippen molar-refractivity contribution in [3.8, 4) is 0 Å². The van der Waals surface area contributed by atoms with Crippen molar-refractivity contribution in [1.82, 2.24) is 14.3 Å². The number of benzene rings is 8. The normalized spacial score (nSPS) is 14.9. The Kier molecular flexibility index (Phi) is 5.00. The van der Waals surface area contributed by atoms with E-state index in [2.05, 4.69) is 172 Å². The molecule has 0 spiro atoms. The van der Waals surface area contributed by atoms with Crippen LogP contribution in [0.5, 0.6) is 0 Å². The number of hydrogen-bond donors (Lipinski definition) is 1. The van der Waals surface area contributed by atoms with E-state index in [1.54, 1.807) is 0 Å². The molecule has 11 aromatic rings. The van der Waals surface area contributed by atoms with Crippen LogP contribution in [-0.2, 0) is 0 Å². The summed E-state index contributed by atoms with van der Waals surface area (Å²) >= 11 is 0. The lowest BCUT2D eigenvalue weighted by atomic mass is 9.98. The molecule has 1 atom stereocenters. The largest absolute Gasteiger partial charge is 0.345 e. The lowest BCUT2D eigenvalue weighted by molar-refractivity contribution is 0.578. The molecule has 4 nitrogen and oxygen atoms in total. The molecule has 232 valence electrons. The molecule has 0 saturated carbocycles. The lowest BCUT2D eigenvalue weighted by Crippen LogP contribution is -2.36. The standard InChI is InChI=1S/C46H28N4/c1-3-15-29-27(12-1)14-11-20-32(29)45-47-36-21-8-5-18-33(36)46(48-45)50-38-23-10-7-19-34(38)42-40(50)26-35-31-17-6-9-22-37(31)49-39-25-24-28-13-2-4-16-30(28)41(39)43(42)44(35)49/h1-26,46H,(H,47,48). The fourth-order valence-electron chi connectivity index (χ4n) is 9.04. The van der Waals surface area contributed by atoms with E-state index >= 15 is 0 Å². The van der Waals surface area contributed by atoms with Gasteiger partial charge in [0.25, 0.3) is 0 Å². The second-order valence-corrected chi connectivity index (χ2v) is 13.6. The van der Waals surface area contributed by atoms with Gasteiger partial charge in [-0.3, -0.25) is 0 Å². The summed E-state index contributed by atoms with van der Waals surface area (Å²) in [4.78, 5) is 5.26. The average Bonchev–Trinajstić information content (AvgIpc) is 3.82. The zero-order chi connectivity index (χ0) is 32.5. The van der Waals surface area contributed by atoms with Gasteiger partial charge in [-0.2, -0.15) is 0 Å². The molecule has 1 aliphatic rings. The number of nitrogens with one attached hydrogen (secondary N) is 1. The highest BCUT2D eigenvalue weighted by atomic mass is 15.2. The van der Waals surface area contributed by atoms with Crippen LogP contribution in [0.15, 0.2) is 163 Å². The van der Waals surface area contributed by atoms with Crippen molar-refractivity contribution in [2.75, 3.05) is 0 Å². The van der Waals surface area contributed by atoms with Gasteiger partial charge in [0.05, 0.1) is 33.3 Å². The van der Waals surface area contributed by atoms with E-state index in [9.17, 15) is 0 Å². The minimum atomic E-state index is -0.188. The molecule has 8 aromatic carbocycles. The first-order valence-electron chi connectivity index (χ1n) is 17.3. The Morgan fingerprint density at radius 1 is 0.460 bits per heavy atom. The van der Waals surface area contributed by atoms with Gasteiger partial charge in [0.2, 0.25) is 0 Å². The van der Waals surface area contributed by atoms with Crippen molar-refractivity contribution in [2.45, 2.75) is 6.17 Å². The molecule has 0 fully saturated rings. The minimum Gasteiger partial charge on any atom is -0.345 e. The number of rotatable bonds is 2. The smallest absolute Gasteiger partial charge is 0.136 e. The summed E-state index contributed by atoms with van der Waals surface area (Å²) in [5.41, 5.74) is 9.45. The Balaban J connectivity index is 1.25. The van der Waals surface area contributed by atoms with Crippen molar-refractivity contribution in [1.29, 1.82) is 0 Å². The van der Waals surface area contributed by atoms with Gasteiger partial charge in [-0.05, 0) is 51.9 Å². The van der Waals surface area contributed by atoms with Crippen LogP contribution in [-0.4, -0.2) is 14.8 Å². The third kappa shape index (κ3) is 3.28. The quantitative estimate of drug-likeness (QED) is 0.201. The highest BCUT2D eigenvalue weighted by Crippen LogP contribution is 2.49. The van der Waals surface area contributed by atoms with Crippen LogP contribution >= 0.6 is 0 Å². The molecule has 50 heavy (non-hydrogen) atoms. The summed E-state index contributed by atoms with van der Waals surface area (Å²) in [6.07, 6.45) is -0.188. The van der Waals surface area contributed by atoms with Crippen molar-refractivity contribution in [2.24, 2.45) is 4.99 Å². The maximum Gasteiger partial charge on any atom is 0.136 e. The molecular weight excluding hydrogens is 609 g/mol. The van der Waals surface area contributed by atoms with Gasteiger partial charge in [0.1, 0.15) is 12.0 Å². The maximum atomic E-state index is 5.26. The van der Waals surface area contributed by atoms with Crippen molar-refractivity contribution in [3.63, 3.8) is 0 Å². The fraction of sp³-hybridized carbons (Fsp3) is 0.0217. The van der Waals surface area contributed by atoms with Gasteiger partial charge in [-0.15, -0.1) is 0 Å². The molecule has 1 aliphatic heterocycles. The Morgan fingerprint density at radius 3 is 2.00 bits per heavy atom. The number of fused-ring (bicyclic) bond motifs is 14. The first-order chi connectivity index (χ1) is 24.8. The summed E-state index contributed by atoms with van der Waals surface area (Å²) in [7, 11) is 0.